The van der Waals surface area contributed by atoms with Crippen molar-refractivity contribution in [2.45, 2.75) is 18.0 Å². The van der Waals surface area contributed by atoms with Crippen LogP contribution in [0.5, 0.6) is 0 Å². The van der Waals surface area contributed by atoms with Gasteiger partial charge in [0.15, 0.2) is 12.1 Å². The molecule has 1 aromatic heterocycles. The number of quaternary nitrogens is 1. The molecule has 6 heteroatoms. The van der Waals surface area contributed by atoms with Crippen molar-refractivity contribution in [1.29, 1.82) is 10.5 Å². The third-order valence-electron chi connectivity index (χ3n) is 6.36. The fraction of sp³-hybridized carbons (Fsp3) is 0.160. The molecular formula is C25H17FN3OS+. The summed E-state index contributed by atoms with van der Waals surface area (Å²) in [5.41, 5.74) is 0.782. The summed E-state index contributed by atoms with van der Waals surface area (Å²) in [5, 5.41) is 22.7. The van der Waals surface area contributed by atoms with Gasteiger partial charge in [0.25, 0.3) is 0 Å². The number of benzene rings is 2. The van der Waals surface area contributed by atoms with Crippen LogP contribution in [0.3, 0.4) is 0 Å². The van der Waals surface area contributed by atoms with Crippen molar-refractivity contribution in [1.82, 2.24) is 0 Å². The van der Waals surface area contributed by atoms with Crippen molar-refractivity contribution < 1.29 is 14.1 Å². The lowest BCUT2D eigenvalue weighted by molar-refractivity contribution is -0.885. The Kier molecular flexibility index (Phi) is 4.55. The van der Waals surface area contributed by atoms with Gasteiger partial charge in [0.1, 0.15) is 5.82 Å². The molecule has 0 amide bonds. The second-order valence-corrected chi connectivity index (χ2v) is 8.81. The maximum absolute atomic E-state index is 13.8. The molecule has 2 aliphatic rings. The number of carbonyl (C=O) groups excluding carboxylic acids is 1. The number of halogens is 1. The number of hydrogen-bond acceptors (Lipinski definition) is 4. The second kappa shape index (κ2) is 7.28. The zero-order valence-electron chi connectivity index (χ0n) is 16.3. The molecule has 2 aliphatic heterocycles. The van der Waals surface area contributed by atoms with Crippen molar-refractivity contribution in [3.05, 3.63) is 99.6 Å². The van der Waals surface area contributed by atoms with Gasteiger partial charge in [-0.3, -0.25) is 9.69 Å². The molecular weight excluding hydrogens is 409 g/mol. The summed E-state index contributed by atoms with van der Waals surface area (Å²) >= 11 is 1.45. The molecule has 1 saturated heterocycles. The van der Waals surface area contributed by atoms with E-state index >= 15 is 0 Å². The minimum atomic E-state index is -1.43. The molecule has 0 radical (unpaired) electrons. The van der Waals surface area contributed by atoms with Crippen molar-refractivity contribution in [2.24, 2.45) is 5.41 Å². The van der Waals surface area contributed by atoms with Gasteiger partial charge in [-0.1, -0.05) is 30.3 Å². The van der Waals surface area contributed by atoms with Crippen molar-refractivity contribution in [2.75, 3.05) is 0 Å². The third kappa shape index (κ3) is 2.77. The predicted molar refractivity (Wildman–Crippen MR) is 114 cm³/mol. The monoisotopic (exact) mass is 426 g/mol. The van der Waals surface area contributed by atoms with Crippen molar-refractivity contribution >= 4 is 23.2 Å². The molecule has 0 spiro atoms. The highest BCUT2D eigenvalue weighted by molar-refractivity contribution is 7.10. The summed E-state index contributed by atoms with van der Waals surface area (Å²) in [6, 6.07) is 20.4. The number of nitrogens with one attached hydrogen (secondary N) is 1. The number of Topliss-reactive ketones (excluding diaryl/α,β-unsaturated/α-hetero) is 1. The number of nitriles is 2. The first kappa shape index (κ1) is 19.4. The Labute approximate surface area is 183 Å². The van der Waals surface area contributed by atoms with Gasteiger partial charge in [-0.2, -0.15) is 10.5 Å². The van der Waals surface area contributed by atoms with E-state index in [0.29, 0.717) is 5.56 Å². The van der Waals surface area contributed by atoms with Gasteiger partial charge in [0, 0.05) is 16.0 Å². The first-order valence-corrected chi connectivity index (χ1v) is 10.8. The number of thiophene rings is 1. The van der Waals surface area contributed by atoms with Gasteiger partial charge in [-0.25, -0.2) is 4.39 Å². The molecule has 0 bridgehead atoms. The summed E-state index contributed by atoms with van der Waals surface area (Å²) in [5.74, 6) is -1.23. The van der Waals surface area contributed by atoms with E-state index in [-0.39, 0.29) is 5.78 Å². The normalized spacial score (nSPS) is 25.1. The molecule has 2 aromatic carbocycles. The van der Waals surface area contributed by atoms with Gasteiger partial charge >= 0.3 is 0 Å². The van der Waals surface area contributed by atoms with Gasteiger partial charge < -0.3 is 0 Å². The topological polar surface area (TPSA) is 69.1 Å². The predicted octanol–water partition coefficient (Wildman–Crippen LogP) is 3.88. The van der Waals surface area contributed by atoms with Crippen LogP contribution < -0.4 is 4.90 Å². The molecule has 1 fully saturated rings. The first-order valence-electron chi connectivity index (χ1n) is 9.90. The number of carbonyl (C=O) groups is 1. The first-order chi connectivity index (χ1) is 15.1. The number of hydrogen-bond donors (Lipinski definition) is 1. The minimum Gasteiger partial charge on any atom is -0.291 e. The highest BCUT2D eigenvalue weighted by atomic mass is 32.1. The summed E-state index contributed by atoms with van der Waals surface area (Å²) in [6.07, 6.45) is 3.85. The maximum Gasteiger partial charge on any atom is 0.221 e. The van der Waals surface area contributed by atoms with Crippen LogP contribution in [-0.4, -0.2) is 11.8 Å². The molecule has 0 aliphatic carbocycles. The molecule has 4 atom stereocenters. The molecule has 150 valence electrons. The van der Waals surface area contributed by atoms with Crippen LogP contribution in [0.25, 0.3) is 6.08 Å². The quantitative estimate of drug-likeness (QED) is 0.647. The second-order valence-electron chi connectivity index (χ2n) is 7.83. The van der Waals surface area contributed by atoms with E-state index in [1.165, 1.54) is 35.6 Å². The Morgan fingerprint density at radius 2 is 1.77 bits per heavy atom. The van der Waals surface area contributed by atoms with E-state index in [4.69, 9.17) is 0 Å². The Bertz CT molecular complexity index is 1250. The lowest BCUT2D eigenvalue weighted by Gasteiger charge is -2.29. The smallest absolute Gasteiger partial charge is 0.221 e. The van der Waals surface area contributed by atoms with Crippen LogP contribution in [0.1, 0.15) is 38.3 Å². The largest absolute Gasteiger partial charge is 0.291 e. The number of rotatable bonds is 3. The SMILES string of the molecule is N#CC1(C#N)C(c2cccs2)C(C(=O)c2ccc(F)cc2)[NH+]2C=Cc3ccccc3C21. The molecule has 5 rings (SSSR count). The van der Waals surface area contributed by atoms with Crippen LogP contribution in [-0.2, 0) is 0 Å². The van der Waals surface area contributed by atoms with E-state index in [9.17, 15) is 19.7 Å². The van der Waals surface area contributed by atoms with Crippen LogP contribution in [0.4, 0.5) is 4.39 Å². The fourth-order valence-electron chi connectivity index (χ4n) is 5.06. The van der Waals surface area contributed by atoms with Gasteiger partial charge in [0.2, 0.25) is 11.2 Å². The zero-order chi connectivity index (χ0) is 21.6. The average Bonchev–Trinajstić information content (AvgIpc) is 3.43. The number of nitrogens with zero attached hydrogens (tertiary/aromatic N) is 2. The minimum absolute atomic E-state index is 0.199. The molecule has 1 N–H and O–H groups in total. The highest BCUT2D eigenvalue weighted by Crippen LogP contribution is 2.52. The van der Waals surface area contributed by atoms with Gasteiger partial charge in [0.05, 0.1) is 24.3 Å². The Balaban J connectivity index is 1.75. The zero-order valence-corrected chi connectivity index (χ0v) is 17.1. The standard InChI is InChI=1S/C25H16FN3OS/c26-18-9-7-17(8-10-18)23(30)22-21(20-6-3-13-31-20)25(14-27,15-28)24-19-5-2-1-4-16(19)11-12-29(22)24/h1-13,21-22,24H/p+1. The molecule has 4 nitrogen and oxygen atoms in total. The lowest BCUT2D eigenvalue weighted by Crippen LogP contribution is -3.11. The summed E-state index contributed by atoms with van der Waals surface area (Å²) < 4.78 is 13.5. The molecule has 31 heavy (non-hydrogen) atoms. The molecule has 0 saturated carbocycles. The fourth-order valence-corrected chi connectivity index (χ4v) is 6.00. The van der Waals surface area contributed by atoms with E-state index in [1.54, 1.807) is 0 Å². The average molecular weight is 426 g/mol. The Morgan fingerprint density at radius 3 is 2.45 bits per heavy atom. The molecule has 3 aromatic rings. The van der Waals surface area contributed by atoms with E-state index < -0.39 is 29.2 Å². The van der Waals surface area contributed by atoms with Gasteiger partial charge in [-0.15, -0.1) is 11.3 Å². The Morgan fingerprint density at radius 1 is 1.03 bits per heavy atom. The van der Waals surface area contributed by atoms with Crippen molar-refractivity contribution in [3.63, 3.8) is 0 Å². The van der Waals surface area contributed by atoms with E-state index in [1.807, 2.05) is 54.1 Å². The van der Waals surface area contributed by atoms with Gasteiger partial charge in [-0.05, 0) is 47.4 Å². The Hall–Kier alpha value is -3.58. The summed E-state index contributed by atoms with van der Waals surface area (Å²) in [7, 11) is 0. The van der Waals surface area contributed by atoms with E-state index in [0.717, 1.165) is 20.9 Å². The van der Waals surface area contributed by atoms with Crippen LogP contribution >= 0.6 is 11.3 Å². The highest BCUT2D eigenvalue weighted by Gasteiger charge is 2.68. The molecule has 3 heterocycles. The van der Waals surface area contributed by atoms with Crippen LogP contribution in [0.15, 0.2) is 72.2 Å². The summed E-state index contributed by atoms with van der Waals surface area (Å²) in [6.45, 7) is 0. The van der Waals surface area contributed by atoms with Crippen molar-refractivity contribution in [3.8, 4) is 12.1 Å². The number of fused-ring (bicyclic) bond motifs is 3. The van der Waals surface area contributed by atoms with E-state index in [2.05, 4.69) is 12.1 Å². The molecule has 4 unspecified atom stereocenters. The summed E-state index contributed by atoms with van der Waals surface area (Å²) in [4.78, 5) is 15.4. The lowest BCUT2D eigenvalue weighted by atomic mass is 9.69. The number of ketones is 1. The van der Waals surface area contributed by atoms with Crippen LogP contribution in [0.2, 0.25) is 0 Å². The third-order valence-corrected chi connectivity index (χ3v) is 7.32. The van der Waals surface area contributed by atoms with Crippen LogP contribution in [0, 0.1) is 33.9 Å². The maximum atomic E-state index is 13.8.